The van der Waals surface area contributed by atoms with E-state index in [2.05, 4.69) is 4.98 Å². The molecular weight excluding hydrogens is 243 g/mol. The molecule has 3 nitrogen and oxygen atoms in total. The van der Waals surface area contributed by atoms with E-state index in [1.54, 1.807) is 24.4 Å². The second-order valence-corrected chi connectivity index (χ2v) is 4.72. The maximum absolute atomic E-state index is 13.5. The van der Waals surface area contributed by atoms with Crippen LogP contribution in [0.5, 0.6) is 11.6 Å². The maximum Gasteiger partial charge on any atom is 0.219 e. The molecule has 0 aliphatic heterocycles. The van der Waals surface area contributed by atoms with Crippen molar-refractivity contribution in [2.75, 3.05) is 0 Å². The Balaban J connectivity index is 2.13. The summed E-state index contributed by atoms with van der Waals surface area (Å²) in [4.78, 5) is 4.15. The lowest BCUT2D eigenvalue weighted by atomic mass is 10.1. The smallest absolute Gasteiger partial charge is 0.219 e. The standard InChI is InChI=1S/C15H17FN2O/c1-10-3-5-13(16)14(7-10)19-15-6-4-12(9-18-15)8-11(2)17/h3-7,9,11H,8,17H2,1-2H3. The average molecular weight is 260 g/mol. The molecule has 0 amide bonds. The van der Waals surface area contributed by atoms with Gasteiger partial charge in [-0.2, -0.15) is 0 Å². The molecule has 0 radical (unpaired) electrons. The van der Waals surface area contributed by atoms with Crippen molar-refractivity contribution in [1.29, 1.82) is 0 Å². The quantitative estimate of drug-likeness (QED) is 0.918. The first kappa shape index (κ1) is 13.5. The number of nitrogens with two attached hydrogens (primary N) is 1. The molecule has 100 valence electrons. The van der Waals surface area contributed by atoms with E-state index in [-0.39, 0.29) is 11.8 Å². The van der Waals surface area contributed by atoms with E-state index in [9.17, 15) is 4.39 Å². The summed E-state index contributed by atoms with van der Waals surface area (Å²) in [5.41, 5.74) is 7.68. The first-order valence-electron chi connectivity index (χ1n) is 6.19. The highest BCUT2D eigenvalue weighted by Crippen LogP contribution is 2.24. The Kier molecular flexibility index (Phi) is 4.12. The van der Waals surface area contributed by atoms with Crippen LogP contribution in [0.25, 0.3) is 0 Å². The first-order valence-corrected chi connectivity index (χ1v) is 6.19. The zero-order valence-corrected chi connectivity index (χ0v) is 11.1. The Morgan fingerprint density at radius 1 is 1.32 bits per heavy atom. The Morgan fingerprint density at radius 2 is 2.11 bits per heavy atom. The topological polar surface area (TPSA) is 48.1 Å². The van der Waals surface area contributed by atoms with E-state index in [4.69, 9.17) is 10.5 Å². The number of rotatable bonds is 4. The highest BCUT2D eigenvalue weighted by atomic mass is 19.1. The van der Waals surface area contributed by atoms with E-state index in [0.29, 0.717) is 5.88 Å². The molecule has 1 atom stereocenters. The molecule has 1 aromatic carbocycles. The highest BCUT2D eigenvalue weighted by molar-refractivity contribution is 5.33. The molecule has 2 aromatic rings. The molecule has 0 bridgehead atoms. The van der Waals surface area contributed by atoms with Crippen molar-refractivity contribution >= 4 is 0 Å². The van der Waals surface area contributed by atoms with Gasteiger partial charge >= 0.3 is 0 Å². The number of aryl methyl sites for hydroxylation is 1. The molecule has 0 fully saturated rings. The lowest BCUT2D eigenvalue weighted by Gasteiger charge is -2.08. The Labute approximate surface area is 112 Å². The molecule has 1 heterocycles. The lowest BCUT2D eigenvalue weighted by molar-refractivity contribution is 0.426. The molecule has 1 unspecified atom stereocenters. The minimum absolute atomic E-state index is 0.0859. The summed E-state index contributed by atoms with van der Waals surface area (Å²) in [6, 6.07) is 8.42. The van der Waals surface area contributed by atoms with Crippen molar-refractivity contribution in [1.82, 2.24) is 4.98 Å². The van der Waals surface area contributed by atoms with Gasteiger partial charge in [-0.25, -0.2) is 9.37 Å². The molecule has 0 aliphatic rings. The molecule has 0 aliphatic carbocycles. The summed E-state index contributed by atoms with van der Waals surface area (Å²) in [6.07, 6.45) is 2.46. The third kappa shape index (κ3) is 3.76. The zero-order valence-electron chi connectivity index (χ0n) is 11.1. The summed E-state index contributed by atoms with van der Waals surface area (Å²) < 4.78 is 19.0. The monoisotopic (exact) mass is 260 g/mol. The van der Waals surface area contributed by atoms with Crippen molar-refractivity contribution in [2.45, 2.75) is 26.3 Å². The highest BCUT2D eigenvalue weighted by Gasteiger charge is 2.06. The summed E-state index contributed by atoms with van der Waals surface area (Å²) in [7, 11) is 0. The third-order valence-electron chi connectivity index (χ3n) is 2.66. The maximum atomic E-state index is 13.5. The fourth-order valence-electron chi connectivity index (χ4n) is 1.77. The summed E-state index contributed by atoms with van der Waals surface area (Å²) in [6.45, 7) is 3.82. The molecule has 2 N–H and O–H groups in total. The molecule has 4 heteroatoms. The van der Waals surface area contributed by atoms with E-state index < -0.39 is 5.82 Å². The summed E-state index contributed by atoms with van der Waals surface area (Å²) in [5.74, 6) is 0.164. The lowest BCUT2D eigenvalue weighted by Crippen LogP contribution is -2.17. The van der Waals surface area contributed by atoms with Gasteiger partial charge in [0, 0.05) is 18.3 Å². The molecule has 1 aromatic heterocycles. The van der Waals surface area contributed by atoms with Gasteiger partial charge in [-0.15, -0.1) is 0 Å². The number of benzene rings is 1. The largest absolute Gasteiger partial charge is 0.436 e. The van der Waals surface area contributed by atoms with Crippen molar-refractivity contribution < 1.29 is 9.13 Å². The van der Waals surface area contributed by atoms with E-state index >= 15 is 0 Å². The second kappa shape index (κ2) is 5.80. The van der Waals surface area contributed by atoms with Crippen LogP contribution in [-0.4, -0.2) is 11.0 Å². The van der Waals surface area contributed by atoms with Crippen molar-refractivity contribution in [3.8, 4) is 11.6 Å². The van der Waals surface area contributed by atoms with Crippen molar-refractivity contribution in [3.63, 3.8) is 0 Å². The predicted octanol–water partition coefficient (Wildman–Crippen LogP) is 3.21. The number of hydrogen-bond acceptors (Lipinski definition) is 3. The number of pyridine rings is 1. The number of aromatic nitrogens is 1. The average Bonchev–Trinajstić information content (AvgIpc) is 2.35. The zero-order chi connectivity index (χ0) is 13.8. The minimum Gasteiger partial charge on any atom is -0.436 e. The van der Waals surface area contributed by atoms with Gasteiger partial charge in [-0.1, -0.05) is 12.1 Å². The normalized spacial score (nSPS) is 12.2. The second-order valence-electron chi connectivity index (χ2n) is 4.72. The van der Waals surface area contributed by atoms with E-state index in [1.165, 1.54) is 6.07 Å². The van der Waals surface area contributed by atoms with Crippen LogP contribution in [0.1, 0.15) is 18.1 Å². The number of hydrogen-bond donors (Lipinski definition) is 1. The molecule has 0 saturated heterocycles. The fraction of sp³-hybridized carbons (Fsp3) is 0.267. The van der Waals surface area contributed by atoms with Crippen LogP contribution >= 0.6 is 0 Å². The number of halogens is 1. The minimum atomic E-state index is -0.396. The van der Waals surface area contributed by atoms with Crippen LogP contribution in [0.4, 0.5) is 4.39 Å². The van der Waals surface area contributed by atoms with Gasteiger partial charge in [0.15, 0.2) is 11.6 Å². The SMILES string of the molecule is Cc1ccc(F)c(Oc2ccc(CC(C)N)cn2)c1. The summed E-state index contributed by atoms with van der Waals surface area (Å²) >= 11 is 0. The Morgan fingerprint density at radius 3 is 2.74 bits per heavy atom. The Bertz CT molecular complexity index is 553. The van der Waals surface area contributed by atoms with E-state index in [0.717, 1.165) is 17.5 Å². The van der Waals surface area contributed by atoms with Crippen LogP contribution in [-0.2, 0) is 6.42 Å². The van der Waals surface area contributed by atoms with Gasteiger partial charge in [0.25, 0.3) is 0 Å². The van der Waals surface area contributed by atoms with Crippen LogP contribution in [0.2, 0.25) is 0 Å². The predicted molar refractivity (Wildman–Crippen MR) is 72.8 cm³/mol. The van der Waals surface area contributed by atoms with Crippen LogP contribution in [0.3, 0.4) is 0 Å². The number of nitrogens with zero attached hydrogens (tertiary/aromatic N) is 1. The van der Waals surface area contributed by atoms with Crippen LogP contribution in [0, 0.1) is 12.7 Å². The van der Waals surface area contributed by atoms with Gasteiger partial charge < -0.3 is 10.5 Å². The van der Waals surface area contributed by atoms with E-state index in [1.807, 2.05) is 19.9 Å². The molecule has 0 saturated carbocycles. The number of ether oxygens (including phenoxy) is 1. The van der Waals surface area contributed by atoms with Gasteiger partial charge in [0.05, 0.1) is 0 Å². The molecular formula is C15H17FN2O. The van der Waals surface area contributed by atoms with Crippen molar-refractivity contribution in [2.24, 2.45) is 5.73 Å². The first-order chi connectivity index (χ1) is 9.04. The van der Waals surface area contributed by atoms with Crippen molar-refractivity contribution in [3.05, 3.63) is 53.5 Å². The molecule has 19 heavy (non-hydrogen) atoms. The van der Waals surface area contributed by atoms with Gasteiger partial charge in [-0.05, 0) is 43.5 Å². The fourth-order valence-corrected chi connectivity index (χ4v) is 1.77. The van der Waals surface area contributed by atoms with Crippen LogP contribution < -0.4 is 10.5 Å². The molecule has 2 rings (SSSR count). The van der Waals surface area contributed by atoms with Gasteiger partial charge in [0.1, 0.15) is 0 Å². The van der Waals surface area contributed by atoms with Crippen LogP contribution in [0.15, 0.2) is 36.5 Å². The summed E-state index contributed by atoms with van der Waals surface area (Å²) in [5, 5.41) is 0. The Hall–Kier alpha value is -1.94. The van der Waals surface area contributed by atoms with Gasteiger partial charge in [0.2, 0.25) is 5.88 Å². The van der Waals surface area contributed by atoms with Gasteiger partial charge in [-0.3, -0.25) is 0 Å². The third-order valence-corrected chi connectivity index (χ3v) is 2.66. The molecule has 0 spiro atoms.